The van der Waals surface area contributed by atoms with Crippen LogP contribution in [0.25, 0.3) is 0 Å². The standard InChI is InChI=1S/C22H32N6/c1-3-4-19-17-22(25-18(2)24-19)28-11-7-21(8-12-28)27-15-13-26(14-16-27)20-5-9-23-10-6-20/h5-6,9-10,17,21H,3-4,7-8,11-16H2,1-2H3. The van der Waals surface area contributed by atoms with Crippen LogP contribution in [-0.4, -0.2) is 65.2 Å². The smallest absolute Gasteiger partial charge is 0.132 e. The van der Waals surface area contributed by atoms with Crippen molar-refractivity contribution in [1.82, 2.24) is 19.9 Å². The van der Waals surface area contributed by atoms with Gasteiger partial charge >= 0.3 is 0 Å². The van der Waals surface area contributed by atoms with Crippen molar-refractivity contribution >= 4 is 11.5 Å². The number of anilines is 2. The van der Waals surface area contributed by atoms with Crippen LogP contribution in [0.4, 0.5) is 11.5 Å². The van der Waals surface area contributed by atoms with E-state index in [-0.39, 0.29) is 0 Å². The van der Waals surface area contributed by atoms with Crippen LogP contribution in [0.1, 0.15) is 37.7 Å². The van der Waals surface area contributed by atoms with Crippen molar-refractivity contribution in [3.05, 3.63) is 42.1 Å². The second-order valence-electron chi connectivity index (χ2n) is 7.96. The summed E-state index contributed by atoms with van der Waals surface area (Å²) in [6.45, 7) is 10.9. The summed E-state index contributed by atoms with van der Waals surface area (Å²) in [6, 6.07) is 7.13. The molecule has 2 aliphatic heterocycles. The Bertz CT molecular complexity index is 749. The van der Waals surface area contributed by atoms with Gasteiger partial charge in [0.15, 0.2) is 0 Å². The minimum atomic E-state index is 0.703. The van der Waals surface area contributed by atoms with Crippen molar-refractivity contribution in [2.24, 2.45) is 0 Å². The van der Waals surface area contributed by atoms with Gasteiger partial charge in [0.2, 0.25) is 0 Å². The van der Waals surface area contributed by atoms with Gasteiger partial charge in [0.05, 0.1) is 0 Å². The van der Waals surface area contributed by atoms with Gasteiger partial charge in [-0.05, 0) is 38.3 Å². The molecule has 4 heterocycles. The number of pyridine rings is 1. The average molecular weight is 381 g/mol. The van der Waals surface area contributed by atoms with Crippen molar-refractivity contribution in [2.75, 3.05) is 49.1 Å². The van der Waals surface area contributed by atoms with Crippen molar-refractivity contribution < 1.29 is 0 Å². The van der Waals surface area contributed by atoms with E-state index >= 15 is 0 Å². The van der Waals surface area contributed by atoms with Crippen LogP contribution in [0.5, 0.6) is 0 Å². The molecule has 2 saturated heterocycles. The van der Waals surface area contributed by atoms with Crippen LogP contribution >= 0.6 is 0 Å². The van der Waals surface area contributed by atoms with Gasteiger partial charge in [0.1, 0.15) is 11.6 Å². The molecule has 6 nitrogen and oxygen atoms in total. The molecule has 0 atom stereocenters. The predicted octanol–water partition coefficient (Wildman–Crippen LogP) is 2.92. The van der Waals surface area contributed by atoms with E-state index in [1.165, 1.54) is 24.2 Å². The molecule has 0 amide bonds. The monoisotopic (exact) mass is 380 g/mol. The van der Waals surface area contributed by atoms with E-state index in [2.05, 4.69) is 49.8 Å². The maximum absolute atomic E-state index is 4.71. The Morgan fingerprint density at radius 2 is 1.64 bits per heavy atom. The SMILES string of the molecule is CCCc1cc(N2CCC(N3CCN(c4ccncc4)CC3)CC2)nc(C)n1. The number of aromatic nitrogens is 3. The van der Waals surface area contributed by atoms with Crippen LogP contribution in [0.2, 0.25) is 0 Å². The fraction of sp³-hybridized carbons (Fsp3) is 0.591. The van der Waals surface area contributed by atoms with E-state index in [0.29, 0.717) is 6.04 Å². The molecule has 2 fully saturated rings. The molecule has 0 bridgehead atoms. The highest BCUT2D eigenvalue weighted by Gasteiger charge is 2.28. The van der Waals surface area contributed by atoms with Gasteiger partial charge in [-0.25, -0.2) is 9.97 Å². The number of piperazine rings is 1. The van der Waals surface area contributed by atoms with E-state index in [1.807, 2.05) is 19.3 Å². The molecule has 150 valence electrons. The molecule has 28 heavy (non-hydrogen) atoms. The van der Waals surface area contributed by atoms with Gasteiger partial charge in [-0.15, -0.1) is 0 Å². The van der Waals surface area contributed by atoms with Gasteiger partial charge < -0.3 is 9.80 Å². The highest BCUT2D eigenvalue weighted by atomic mass is 15.3. The molecule has 0 unspecified atom stereocenters. The molecule has 0 spiro atoms. The summed E-state index contributed by atoms with van der Waals surface area (Å²) in [7, 11) is 0. The molecule has 4 rings (SSSR count). The number of nitrogens with zero attached hydrogens (tertiary/aromatic N) is 6. The molecule has 2 aromatic rings. The molecule has 6 heteroatoms. The molecule has 0 N–H and O–H groups in total. The van der Waals surface area contributed by atoms with Crippen LogP contribution in [-0.2, 0) is 6.42 Å². The van der Waals surface area contributed by atoms with E-state index in [9.17, 15) is 0 Å². The fourth-order valence-electron chi connectivity index (χ4n) is 4.52. The van der Waals surface area contributed by atoms with Crippen molar-refractivity contribution in [3.8, 4) is 0 Å². The lowest BCUT2D eigenvalue weighted by molar-refractivity contribution is 0.160. The lowest BCUT2D eigenvalue weighted by Gasteiger charge is -2.43. The minimum absolute atomic E-state index is 0.703. The Morgan fingerprint density at radius 1 is 0.929 bits per heavy atom. The molecule has 0 aromatic carbocycles. The molecule has 0 saturated carbocycles. The van der Waals surface area contributed by atoms with Crippen molar-refractivity contribution in [2.45, 2.75) is 45.6 Å². The molecule has 0 radical (unpaired) electrons. The van der Waals surface area contributed by atoms with Gasteiger partial charge in [0.25, 0.3) is 0 Å². The summed E-state index contributed by atoms with van der Waals surface area (Å²) in [5.74, 6) is 2.02. The summed E-state index contributed by atoms with van der Waals surface area (Å²) in [5.41, 5.74) is 2.48. The summed E-state index contributed by atoms with van der Waals surface area (Å²) in [4.78, 5) is 21.1. The maximum Gasteiger partial charge on any atom is 0.132 e. The summed E-state index contributed by atoms with van der Waals surface area (Å²) >= 11 is 0. The van der Waals surface area contributed by atoms with Crippen LogP contribution < -0.4 is 9.80 Å². The largest absolute Gasteiger partial charge is 0.369 e. The van der Waals surface area contributed by atoms with E-state index in [4.69, 9.17) is 4.98 Å². The van der Waals surface area contributed by atoms with Crippen molar-refractivity contribution in [1.29, 1.82) is 0 Å². The number of piperidine rings is 1. The normalized spacial score (nSPS) is 19.2. The fourth-order valence-corrected chi connectivity index (χ4v) is 4.52. The second-order valence-corrected chi connectivity index (χ2v) is 7.96. The van der Waals surface area contributed by atoms with E-state index in [0.717, 1.165) is 63.8 Å². The third kappa shape index (κ3) is 4.43. The predicted molar refractivity (Wildman–Crippen MR) is 114 cm³/mol. The highest BCUT2D eigenvalue weighted by Crippen LogP contribution is 2.24. The number of aryl methyl sites for hydroxylation is 2. The first-order valence-electron chi connectivity index (χ1n) is 10.7. The van der Waals surface area contributed by atoms with Gasteiger partial charge in [0, 0.05) is 75.2 Å². The van der Waals surface area contributed by atoms with Gasteiger partial charge in [-0.3, -0.25) is 9.88 Å². The van der Waals surface area contributed by atoms with Crippen LogP contribution in [0.15, 0.2) is 30.6 Å². The molecular formula is C22H32N6. The van der Waals surface area contributed by atoms with Crippen molar-refractivity contribution in [3.63, 3.8) is 0 Å². The zero-order valence-electron chi connectivity index (χ0n) is 17.2. The van der Waals surface area contributed by atoms with E-state index < -0.39 is 0 Å². The Morgan fingerprint density at radius 3 is 2.32 bits per heavy atom. The average Bonchev–Trinajstić information content (AvgIpc) is 2.74. The molecular weight excluding hydrogens is 348 g/mol. The number of rotatable bonds is 5. The van der Waals surface area contributed by atoms with Crippen LogP contribution in [0, 0.1) is 6.92 Å². The second kappa shape index (κ2) is 8.86. The minimum Gasteiger partial charge on any atom is -0.369 e. The van der Waals surface area contributed by atoms with Gasteiger partial charge in [-0.1, -0.05) is 13.3 Å². The zero-order valence-corrected chi connectivity index (χ0v) is 17.2. The van der Waals surface area contributed by atoms with E-state index in [1.54, 1.807) is 0 Å². The van der Waals surface area contributed by atoms with Gasteiger partial charge in [-0.2, -0.15) is 0 Å². The van der Waals surface area contributed by atoms with Crippen LogP contribution in [0.3, 0.4) is 0 Å². The lowest BCUT2D eigenvalue weighted by atomic mass is 10.0. The molecule has 2 aromatic heterocycles. The number of hydrogen-bond donors (Lipinski definition) is 0. The summed E-state index contributed by atoms with van der Waals surface area (Å²) in [6.07, 6.45) is 8.39. The Kier molecular flexibility index (Phi) is 6.05. The zero-order chi connectivity index (χ0) is 19.3. The summed E-state index contributed by atoms with van der Waals surface area (Å²) in [5, 5.41) is 0. The topological polar surface area (TPSA) is 48.4 Å². The first-order chi connectivity index (χ1) is 13.7. The Balaban J connectivity index is 1.30. The lowest BCUT2D eigenvalue weighted by Crippen LogP contribution is -2.53. The summed E-state index contributed by atoms with van der Waals surface area (Å²) < 4.78 is 0. The first-order valence-corrected chi connectivity index (χ1v) is 10.7. The number of hydrogen-bond acceptors (Lipinski definition) is 6. The maximum atomic E-state index is 4.71. The first kappa shape index (κ1) is 19.1. The third-order valence-corrected chi connectivity index (χ3v) is 6.03. The Labute approximate surface area is 168 Å². The Hall–Kier alpha value is -2.21. The quantitative estimate of drug-likeness (QED) is 0.795. The molecule has 2 aliphatic rings. The molecule has 0 aliphatic carbocycles. The third-order valence-electron chi connectivity index (χ3n) is 6.03. The highest BCUT2D eigenvalue weighted by molar-refractivity contribution is 5.45.